The Morgan fingerprint density at radius 1 is 1.30 bits per heavy atom. The highest BCUT2D eigenvalue weighted by Crippen LogP contribution is 2.28. The quantitative estimate of drug-likeness (QED) is 0.779. The lowest BCUT2D eigenvalue weighted by Gasteiger charge is -2.01. The summed E-state index contributed by atoms with van der Waals surface area (Å²) >= 11 is 3.07. The summed E-state index contributed by atoms with van der Waals surface area (Å²) in [6, 6.07) is 2.07. The number of rotatable bonds is 6. The Balaban J connectivity index is 2.08. The predicted octanol–water partition coefficient (Wildman–Crippen LogP) is 3.66. The molecule has 2 rings (SSSR count). The normalized spacial score (nSPS) is 11.1. The molecule has 5 nitrogen and oxygen atoms in total. The van der Waals surface area contributed by atoms with Crippen molar-refractivity contribution in [3.63, 3.8) is 0 Å². The van der Waals surface area contributed by atoms with E-state index in [4.69, 9.17) is 5.11 Å². The Kier molecular flexibility index (Phi) is 5.68. The first-order valence-corrected chi connectivity index (χ1v) is 8.72. The molecule has 2 aromatic rings. The number of nitrogens with one attached hydrogen (secondary N) is 1. The Bertz CT molecular complexity index is 759. The summed E-state index contributed by atoms with van der Waals surface area (Å²) in [5.41, 5.74) is 1.97. The van der Waals surface area contributed by atoms with Gasteiger partial charge in [0.2, 0.25) is 5.91 Å². The first-order chi connectivity index (χ1) is 10.8. The second-order valence-corrected chi connectivity index (χ2v) is 7.49. The fourth-order valence-electron chi connectivity index (χ4n) is 2.14. The standard InChI is InChI=1S/C16H18N2O3S2/c1-9-8-12(23-14(9)6-7-15(20)21)4-5-13-16(17-10(2)19)22-11(3)18-13/h6-8H,4-5H2,1-3H3,(H,17,19)(H,20,21)/b7-6+. The number of thiophene rings is 1. The number of anilines is 1. The summed E-state index contributed by atoms with van der Waals surface area (Å²) in [5.74, 6) is -1.04. The smallest absolute Gasteiger partial charge is 0.328 e. The van der Waals surface area contributed by atoms with Crippen LogP contribution in [-0.4, -0.2) is 22.0 Å². The van der Waals surface area contributed by atoms with Crippen LogP contribution in [0.5, 0.6) is 0 Å². The van der Waals surface area contributed by atoms with E-state index in [0.717, 1.165) is 45.1 Å². The van der Waals surface area contributed by atoms with Gasteiger partial charge in [0.05, 0.1) is 10.7 Å². The molecule has 7 heteroatoms. The first kappa shape index (κ1) is 17.4. The second-order valence-electron chi connectivity index (χ2n) is 5.12. The zero-order valence-corrected chi connectivity index (χ0v) is 14.8. The number of aryl methyl sites for hydroxylation is 4. The maximum atomic E-state index is 11.2. The van der Waals surface area contributed by atoms with Crippen LogP contribution in [0.15, 0.2) is 12.1 Å². The molecule has 23 heavy (non-hydrogen) atoms. The van der Waals surface area contributed by atoms with Gasteiger partial charge in [0.15, 0.2) is 0 Å². The molecule has 0 aliphatic rings. The molecule has 0 radical (unpaired) electrons. The van der Waals surface area contributed by atoms with Crippen molar-refractivity contribution in [3.8, 4) is 0 Å². The van der Waals surface area contributed by atoms with Gasteiger partial charge < -0.3 is 10.4 Å². The number of hydrogen-bond donors (Lipinski definition) is 2. The zero-order chi connectivity index (χ0) is 17.0. The number of nitrogens with zero attached hydrogens (tertiary/aromatic N) is 1. The van der Waals surface area contributed by atoms with Crippen molar-refractivity contribution < 1.29 is 14.7 Å². The monoisotopic (exact) mass is 350 g/mol. The lowest BCUT2D eigenvalue weighted by molar-refractivity contribution is -0.131. The van der Waals surface area contributed by atoms with Gasteiger partial charge in [-0.2, -0.15) is 0 Å². The summed E-state index contributed by atoms with van der Waals surface area (Å²) in [6.45, 7) is 5.38. The third-order valence-corrected chi connectivity index (χ3v) is 5.28. The van der Waals surface area contributed by atoms with E-state index < -0.39 is 5.97 Å². The van der Waals surface area contributed by atoms with Crippen LogP contribution in [0.25, 0.3) is 6.08 Å². The number of amides is 1. The predicted molar refractivity (Wildman–Crippen MR) is 94.3 cm³/mol. The largest absolute Gasteiger partial charge is 0.478 e. The SMILES string of the molecule is CC(=O)Nc1sc(C)nc1CCc1cc(C)c(/C=C/C(=O)O)s1. The number of carbonyl (C=O) groups is 2. The zero-order valence-electron chi connectivity index (χ0n) is 13.2. The van der Waals surface area contributed by atoms with Crippen LogP contribution in [0, 0.1) is 13.8 Å². The van der Waals surface area contributed by atoms with Gasteiger partial charge >= 0.3 is 5.97 Å². The second kappa shape index (κ2) is 7.52. The van der Waals surface area contributed by atoms with Crippen LogP contribution in [-0.2, 0) is 22.4 Å². The lowest BCUT2D eigenvalue weighted by Crippen LogP contribution is -2.06. The molecule has 0 spiro atoms. The molecule has 0 unspecified atom stereocenters. The Hall–Kier alpha value is -1.99. The Labute approximate surface area is 142 Å². The molecular formula is C16H18N2O3S2. The highest BCUT2D eigenvalue weighted by atomic mass is 32.1. The molecule has 1 amide bonds. The van der Waals surface area contributed by atoms with Crippen molar-refractivity contribution >= 4 is 45.6 Å². The topological polar surface area (TPSA) is 79.3 Å². The van der Waals surface area contributed by atoms with Crippen LogP contribution in [0.2, 0.25) is 0 Å². The van der Waals surface area contributed by atoms with E-state index in [-0.39, 0.29) is 5.91 Å². The van der Waals surface area contributed by atoms with Crippen molar-refractivity contribution in [2.45, 2.75) is 33.6 Å². The first-order valence-electron chi connectivity index (χ1n) is 7.09. The van der Waals surface area contributed by atoms with Gasteiger partial charge in [-0.1, -0.05) is 0 Å². The maximum Gasteiger partial charge on any atom is 0.328 e. The summed E-state index contributed by atoms with van der Waals surface area (Å²) in [5, 5.41) is 13.3. The van der Waals surface area contributed by atoms with Crippen LogP contribution in [0.1, 0.15) is 32.9 Å². The molecule has 2 N–H and O–H groups in total. The van der Waals surface area contributed by atoms with E-state index in [9.17, 15) is 9.59 Å². The summed E-state index contributed by atoms with van der Waals surface area (Å²) in [4.78, 5) is 28.5. The van der Waals surface area contributed by atoms with E-state index in [1.807, 2.05) is 13.8 Å². The molecule has 0 fully saturated rings. The van der Waals surface area contributed by atoms with Gasteiger partial charge in [0.1, 0.15) is 5.00 Å². The molecule has 0 saturated carbocycles. The van der Waals surface area contributed by atoms with E-state index >= 15 is 0 Å². The fraction of sp³-hybridized carbons (Fsp3) is 0.312. The van der Waals surface area contributed by atoms with Crippen LogP contribution in [0.3, 0.4) is 0 Å². The third kappa shape index (κ3) is 5.01. The van der Waals surface area contributed by atoms with E-state index in [0.29, 0.717) is 0 Å². The number of carboxylic acid groups (broad SMARTS) is 1. The summed E-state index contributed by atoms with van der Waals surface area (Å²) in [7, 11) is 0. The van der Waals surface area contributed by atoms with Crippen molar-refractivity contribution in [3.05, 3.63) is 38.2 Å². The molecule has 2 aromatic heterocycles. The van der Waals surface area contributed by atoms with E-state index in [2.05, 4.69) is 16.4 Å². The molecular weight excluding hydrogens is 332 g/mol. The van der Waals surface area contributed by atoms with Crippen molar-refractivity contribution in [1.29, 1.82) is 0 Å². The number of hydrogen-bond acceptors (Lipinski definition) is 5. The summed E-state index contributed by atoms with van der Waals surface area (Å²) < 4.78 is 0. The molecule has 0 aromatic carbocycles. The summed E-state index contributed by atoms with van der Waals surface area (Å²) in [6.07, 6.45) is 4.33. The van der Waals surface area contributed by atoms with Gasteiger partial charge in [0.25, 0.3) is 0 Å². The minimum Gasteiger partial charge on any atom is -0.478 e. The van der Waals surface area contributed by atoms with Crippen molar-refractivity contribution in [1.82, 2.24) is 4.98 Å². The van der Waals surface area contributed by atoms with Crippen LogP contribution in [0.4, 0.5) is 5.00 Å². The number of thiazole rings is 1. The van der Waals surface area contributed by atoms with Crippen molar-refractivity contribution in [2.75, 3.05) is 5.32 Å². The Morgan fingerprint density at radius 2 is 2.04 bits per heavy atom. The average molecular weight is 350 g/mol. The maximum absolute atomic E-state index is 11.2. The van der Waals surface area contributed by atoms with E-state index in [1.165, 1.54) is 23.1 Å². The molecule has 2 heterocycles. The lowest BCUT2D eigenvalue weighted by atomic mass is 10.2. The van der Waals surface area contributed by atoms with Gasteiger partial charge in [-0.25, -0.2) is 9.78 Å². The number of carbonyl (C=O) groups excluding carboxylic acids is 1. The Morgan fingerprint density at radius 3 is 2.70 bits per heavy atom. The fourth-order valence-corrected chi connectivity index (χ4v) is 4.13. The average Bonchev–Trinajstić information content (AvgIpc) is 2.96. The third-order valence-electron chi connectivity index (χ3n) is 3.09. The highest BCUT2D eigenvalue weighted by Gasteiger charge is 2.12. The minimum absolute atomic E-state index is 0.0945. The molecule has 0 saturated heterocycles. The number of aliphatic carboxylic acids is 1. The van der Waals surface area contributed by atoms with Crippen molar-refractivity contribution in [2.24, 2.45) is 0 Å². The molecule has 0 bridgehead atoms. The molecule has 0 aliphatic carbocycles. The minimum atomic E-state index is -0.947. The van der Waals surface area contributed by atoms with E-state index in [1.54, 1.807) is 17.4 Å². The van der Waals surface area contributed by atoms with Gasteiger partial charge in [-0.05, 0) is 44.4 Å². The van der Waals surface area contributed by atoms with Crippen LogP contribution >= 0.6 is 22.7 Å². The number of carboxylic acids is 1. The van der Waals surface area contributed by atoms with Gasteiger partial charge in [0, 0.05) is 22.8 Å². The number of aromatic nitrogens is 1. The van der Waals surface area contributed by atoms with Gasteiger partial charge in [-0.15, -0.1) is 22.7 Å². The van der Waals surface area contributed by atoms with Crippen LogP contribution < -0.4 is 5.32 Å². The highest BCUT2D eigenvalue weighted by molar-refractivity contribution is 7.16. The molecule has 122 valence electrons. The molecule has 0 aliphatic heterocycles. The van der Waals surface area contributed by atoms with Gasteiger partial charge in [-0.3, -0.25) is 4.79 Å². The molecule has 0 atom stereocenters.